The second-order valence-corrected chi connectivity index (χ2v) is 13.5. The molecule has 4 amide bonds. The fourth-order valence-corrected chi connectivity index (χ4v) is 6.22. The number of para-hydroxylation sites is 1. The first-order valence-corrected chi connectivity index (χ1v) is 16.1. The summed E-state index contributed by atoms with van der Waals surface area (Å²) in [5.74, 6) is 0.00595. The van der Waals surface area contributed by atoms with E-state index in [0.29, 0.717) is 44.4 Å². The fourth-order valence-electron chi connectivity index (χ4n) is 6.22. The van der Waals surface area contributed by atoms with E-state index in [0.717, 1.165) is 32.2 Å². The number of piperazine rings is 1. The number of likely N-dealkylation sites (tertiary alicyclic amines) is 1. The van der Waals surface area contributed by atoms with E-state index in [1.54, 1.807) is 29.2 Å². The van der Waals surface area contributed by atoms with E-state index in [2.05, 4.69) is 36.4 Å². The van der Waals surface area contributed by atoms with Gasteiger partial charge in [0, 0.05) is 37.8 Å². The summed E-state index contributed by atoms with van der Waals surface area (Å²) in [5.41, 5.74) is 0.105. The van der Waals surface area contributed by atoms with Gasteiger partial charge in [0.1, 0.15) is 17.8 Å². The highest BCUT2D eigenvalue weighted by Crippen LogP contribution is 2.34. The van der Waals surface area contributed by atoms with Gasteiger partial charge in [0.15, 0.2) is 6.61 Å². The smallest absolute Gasteiger partial charge is 0.258 e. The lowest BCUT2D eigenvalue weighted by Crippen LogP contribution is -2.60. The van der Waals surface area contributed by atoms with Crippen LogP contribution in [-0.4, -0.2) is 102 Å². The fraction of sp³-hybridized carbons (Fsp3) is 0.697. The lowest BCUT2D eigenvalue weighted by molar-refractivity contribution is -0.147. The third kappa shape index (κ3) is 8.28. The first-order chi connectivity index (χ1) is 20.4. The number of nitrogens with one attached hydrogen (secondary N) is 2. The molecule has 2 aliphatic heterocycles. The third-order valence-electron chi connectivity index (χ3n) is 9.37. The standard InChI is InChI=1S/C33H51N5O5/c1-7-23(4)27-20-37(18-17-36(27)6)32(42)26-12-10-16-38(26)31(41)25(19-22(2)3)34-30(40)24-11-8-9-13-28(24)43-21-29(39)35-33(5)14-15-33/h8-9,11,13,22-23,25-27H,7,10,12,14-21H2,1-6H3,(H,34,40)(H,35,39)/t23-,25+,26+,27+/m0/s1. The normalized spacial score (nSPS) is 23.0. The third-order valence-corrected chi connectivity index (χ3v) is 9.37. The summed E-state index contributed by atoms with van der Waals surface area (Å²) >= 11 is 0. The summed E-state index contributed by atoms with van der Waals surface area (Å²) in [6.45, 7) is 12.8. The van der Waals surface area contributed by atoms with Crippen LogP contribution in [0.1, 0.15) is 83.5 Å². The minimum absolute atomic E-state index is 0.0129. The molecule has 1 saturated carbocycles. The molecule has 238 valence electrons. The molecule has 0 radical (unpaired) electrons. The van der Waals surface area contributed by atoms with Crippen molar-refractivity contribution in [2.24, 2.45) is 11.8 Å². The van der Waals surface area contributed by atoms with Crippen LogP contribution in [0.5, 0.6) is 5.75 Å². The zero-order chi connectivity index (χ0) is 31.3. The predicted molar refractivity (Wildman–Crippen MR) is 166 cm³/mol. The Morgan fingerprint density at radius 2 is 1.79 bits per heavy atom. The van der Waals surface area contributed by atoms with Crippen LogP contribution < -0.4 is 15.4 Å². The molecule has 3 aliphatic rings. The molecule has 0 unspecified atom stereocenters. The molecule has 0 aromatic heterocycles. The predicted octanol–water partition coefficient (Wildman–Crippen LogP) is 3.06. The van der Waals surface area contributed by atoms with Crippen molar-refractivity contribution in [2.75, 3.05) is 39.8 Å². The number of nitrogens with zero attached hydrogens (tertiary/aromatic N) is 3. The Morgan fingerprint density at radius 1 is 1.07 bits per heavy atom. The summed E-state index contributed by atoms with van der Waals surface area (Å²) < 4.78 is 5.75. The minimum Gasteiger partial charge on any atom is -0.483 e. The van der Waals surface area contributed by atoms with Crippen molar-refractivity contribution in [3.63, 3.8) is 0 Å². The van der Waals surface area contributed by atoms with Crippen LogP contribution in [-0.2, 0) is 14.4 Å². The number of rotatable bonds is 12. The molecule has 0 bridgehead atoms. The molecule has 1 aromatic rings. The van der Waals surface area contributed by atoms with E-state index in [1.807, 2.05) is 25.7 Å². The molecule has 10 nitrogen and oxygen atoms in total. The maximum absolute atomic E-state index is 14.0. The maximum Gasteiger partial charge on any atom is 0.258 e. The Bertz CT molecular complexity index is 1160. The van der Waals surface area contributed by atoms with Gasteiger partial charge in [-0.3, -0.25) is 24.1 Å². The van der Waals surface area contributed by atoms with Crippen molar-refractivity contribution in [2.45, 2.75) is 96.8 Å². The van der Waals surface area contributed by atoms with Gasteiger partial charge < -0.3 is 25.2 Å². The highest BCUT2D eigenvalue weighted by atomic mass is 16.5. The van der Waals surface area contributed by atoms with E-state index in [4.69, 9.17) is 4.74 Å². The number of carbonyl (C=O) groups excluding carboxylic acids is 4. The van der Waals surface area contributed by atoms with Gasteiger partial charge in [0.05, 0.1) is 5.56 Å². The van der Waals surface area contributed by atoms with Crippen LogP contribution in [0.2, 0.25) is 0 Å². The van der Waals surface area contributed by atoms with E-state index in [1.165, 1.54) is 0 Å². The van der Waals surface area contributed by atoms with Crippen molar-refractivity contribution in [1.29, 1.82) is 0 Å². The summed E-state index contributed by atoms with van der Waals surface area (Å²) in [5, 5.41) is 5.90. The molecule has 0 spiro atoms. The second-order valence-electron chi connectivity index (χ2n) is 13.5. The second kappa shape index (κ2) is 14.1. The number of carbonyl (C=O) groups is 4. The quantitative estimate of drug-likeness (QED) is 0.383. The van der Waals surface area contributed by atoms with Crippen molar-refractivity contribution in [3.8, 4) is 5.75 Å². The van der Waals surface area contributed by atoms with Gasteiger partial charge in [-0.1, -0.05) is 46.2 Å². The SMILES string of the molecule is CC[C@H](C)[C@H]1CN(C(=O)[C@H]2CCCN2C(=O)[C@@H](CC(C)C)NC(=O)c2ccccc2OCC(=O)NC2(C)CC2)CCN1C. The molecule has 2 N–H and O–H groups in total. The van der Waals surface area contributed by atoms with Crippen LogP contribution in [0.4, 0.5) is 0 Å². The molecule has 4 atom stereocenters. The number of hydrogen-bond donors (Lipinski definition) is 2. The Kier molecular flexibility index (Phi) is 10.7. The summed E-state index contributed by atoms with van der Waals surface area (Å²) in [6.07, 6.45) is 4.76. The van der Waals surface area contributed by atoms with Crippen molar-refractivity contribution in [3.05, 3.63) is 29.8 Å². The van der Waals surface area contributed by atoms with Crippen LogP contribution >= 0.6 is 0 Å². The molecule has 10 heteroatoms. The van der Waals surface area contributed by atoms with Gasteiger partial charge in [0.2, 0.25) is 11.8 Å². The van der Waals surface area contributed by atoms with Crippen LogP contribution in [0, 0.1) is 11.8 Å². The first kappa shape index (κ1) is 32.8. The van der Waals surface area contributed by atoms with Gasteiger partial charge >= 0.3 is 0 Å². The van der Waals surface area contributed by atoms with Gasteiger partial charge in [-0.15, -0.1) is 0 Å². The first-order valence-electron chi connectivity index (χ1n) is 16.1. The molecule has 43 heavy (non-hydrogen) atoms. The molecule has 2 heterocycles. The van der Waals surface area contributed by atoms with Crippen LogP contribution in [0.15, 0.2) is 24.3 Å². The Labute approximate surface area is 256 Å². The van der Waals surface area contributed by atoms with Gasteiger partial charge in [0.25, 0.3) is 11.8 Å². The summed E-state index contributed by atoms with van der Waals surface area (Å²) in [7, 11) is 2.12. The average molecular weight is 598 g/mol. The molecule has 2 saturated heterocycles. The number of hydrogen-bond acceptors (Lipinski definition) is 6. The topological polar surface area (TPSA) is 111 Å². The van der Waals surface area contributed by atoms with Crippen molar-refractivity contribution in [1.82, 2.24) is 25.3 Å². The number of benzene rings is 1. The lowest BCUT2D eigenvalue weighted by Gasteiger charge is -2.43. The average Bonchev–Trinajstić information content (AvgIpc) is 3.49. The largest absolute Gasteiger partial charge is 0.483 e. The highest BCUT2D eigenvalue weighted by Gasteiger charge is 2.42. The highest BCUT2D eigenvalue weighted by molar-refractivity contribution is 6.00. The molecule has 1 aromatic carbocycles. The summed E-state index contributed by atoms with van der Waals surface area (Å²) in [4.78, 5) is 59.7. The van der Waals surface area contributed by atoms with Crippen LogP contribution in [0.25, 0.3) is 0 Å². The zero-order valence-corrected chi connectivity index (χ0v) is 26.9. The number of ether oxygens (including phenoxy) is 1. The number of likely N-dealkylation sites (N-methyl/N-ethyl adjacent to an activating group) is 1. The van der Waals surface area contributed by atoms with Gasteiger partial charge in [-0.2, -0.15) is 0 Å². The van der Waals surface area contributed by atoms with E-state index >= 15 is 0 Å². The maximum atomic E-state index is 14.0. The van der Waals surface area contributed by atoms with E-state index in [9.17, 15) is 19.2 Å². The molecule has 4 rings (SSSR count). The van der Waals surface area contributed by atoms with Crippen molar-refractivity contribution >= 4 is 23.6 Å². The van der Waals surface area contributed by atoms with E-state index in [-0.39, 0.29) is 47.1 Å². The molecule has 1 aliphatic carbocycles. The van der Waals surface area contributed by atoms with Gasteiger partial charge in [-0.05, 0) is 70.0 Å². The van der Waals surface area contributed by atoms with Gasteiger partial charge in [-0.25, -0.2) is 0 Å². The zero-order valence-electron chi connectivity index (χ0n) is 26.9. The minimum atomic E-state index is -0.785. The van der Waals surface area contributed by atoms with Crippen LogP contribution in [0.3, 0.4) is 0 Å². The molecular formula is C33H51N5O5. The lowest BCUT2D eigenvalue weighted by atomic mass is 9.95. The monoisotopic (exact) mass is 597 g/mol. The summed E-state index contributed by atoms with van der Waals surface area (Å²) in [6, 6.07) is 5.75. The number of amides is 4. The Morgan fingerprint density at radius 3 is 2.47 bits per heavy atom. The van der Waals surface area contributed by atoms with Crippen molar-refractivity contribution < 1.29 is 23.9 Å². The Hall–Kier alpha value is -3.14. The molecule has 3 fully saturated rings. The van der Waals surface area contributed by atoms with E-state index < -0.39 is 18.0 Å². The molecular weight excluding hydrogens is 546 g/mol. The Balaban J connectivity index is 1.44.